The van der Waals surface area contributed by atoms with Crippen LogP contribution in [0.1, 0.15) is 45.1 Å². The van der Waals surface area contributed by atoms with Gasteiger partial charge in [-0.3, -0.25) is 4.79 Å². The number of hydrogen-bond acceptors (Lipinski definition) is 4. The van der Waals surface area contributed by atoms with Crippen LogP contribution in [-0.2, 0) is 11.2 Å². The molecular formula is C20H24N2O2. The van der Waals surface area contributed by atoms with E-state index in [4.69, 9.17) is 4.74 Å². The van der Waals surface area contributed by atoms with E-state index >= 15 is 0 Å². The fraction of sp³-hybridized carbons (Fsp3) is 0.350. The molecule has 4 heteroatoms. The molecular weight excluding hydrogens is 300 g/mol. The molecule has 0 aliphatic carbocycles. The van der Waals surface area contributed by atoms with Gasteiger partial charge in [0.15, 0.2) is 0 Å². The summed E-state index contributed by atoms with van der Waals surface area (Å²) in [5.74, 6) is 0.358. The summed E-state index contributed by atoms with van der Waals surface area (Å²) in [4.78, 5) is 11.7. The zero-order valence-corrected chi connectivity index (χ0v) is 14.4. The molecule has 0 aromatic heterocycles. The van der Waals surface area contributed by atoms with Crippen LogP contribution in [0.3, 0.4) is 0 Å². The number of carbonyl (C=O) groups excluding carboxylic acids is 1. The van der Waals surface area contributed by atoms with Crippen LogP contribution in [-0.4, -0.2) is 5.97 Å². The summed E-state index contributed by atoms with van der Waals surface area (Å²) in [6.07, 6.45) is 4.49. The molecule has 126 valence electrons. The minimum atomic E-state index is -0.186. The SMILES string of the molecule is CCCCCC(=O)Oc1ccc(/N=N/c2ccc(CC)cc2)cc1. The standard InChI is InChI=1S/C20H24N2O2/c1-3-5-6-7-20(23)24-19-14-12-18(13-15-19)22-21-17-10-8-16(4-2)9-11-17/h8-15H,3-7H2,1-2H3/b22-21+. The van der Waals surface area contributed by atoms with E-state index in [2.05, 4.69) is 36.2 Å². The van der Waals surface area contributed by atoms with Gasteiger partial charge in [0.2, 0.25) is 0 Å². The molecule has 2 aromatic rings. The summed E-state index contributed by atoms with van der Waals surface area (Å²) < 4.78 is 5.29. The van der Waals surface area contributed by atoms with Gasteiger partial charge in [0.05, 0.1) is 11.4 Å². The molecule has 0 atom stereocenters. The lowest BCUT2D eigenvalue weighted by atomic mass is 10.2. The predicted molar refractivity (Wildman–Crippen MR) is 96.2 cm³/mol. The maximum atomic E-state index is 11.7. The molecule has 0 amide bonds. The van der Waals surface area contributed by atoms with Gasteiger partial charge in [-0.05, 0) is 54.8 Å². The average Bonchev–Trinajstić information content (AvgIpc) is 2.62. The lowest BCUT2D eigenvalue weighted by Gasteiger charge is -2.04. The van der Waals surface area contributed by atoms with E-state index in [1.54, 1.807) is 24.3 Å². The number of benzene rings is 2. The monoisotopic (exact) mass is 324 g/mol. The molecule has 0 aliphatic rings. The van der Waals surface area contributed by atoms with Crippen molar-refractivity contribution >= 4 is 17.3 Å². The van der Waals surface area contributed by atoms with Crippen LogP contribution < -0.4 is 4.74 Å². The predicted octanol–water partition coefficient (Wildman–Crippen LogP) is 6.15. The molecule has 0 spiro atoms. The van der Waals surface area contributed by atoms with E-state index < -0.39 is 0 Å². The largest absolute Gasteiger partial charge is 0.427 e. The lowest BCUT2D eigenvalue weighted by molar-refractivity contribution is -0.134. The molecule has 0 bridgehead atoms. The van der Waals surface area contributed by atoms with Crippen molar-refractivity contribution in [1.82, 2.24) is 0 Å². The summed E-state index contributed by atoms with van der Waals surface area (Å²) >= 11 is 0. The van der Waals surface area contributed by atoms with Crippen LogP contribution in [0.2, 0.25) is 0 Å². The van der Waals surface area contributed by atoms with Crippen molar-refractivity contribution < 1.29 is 9.53 Å². The molecule has 0 saturated carbocycles. The molecule has 4 nitrogen and oxygen atoms in total. The Morgan fingerprint density at radius 3 is 2.00 bits per heavy atom. The number of unbranched alkanes of at least 4 members (excludes halogenated alkanes) is 2. The molecule has 24 heavy (non-hydrogen) atoms. The fourth-order valence-electron chi connectivity index (χ4n) is 2.20. The van der Waals surface area contributed by atoms with Crippen molar-refractivity contribution in [3.63, 3.8) is 0 Å². The molecule has 0 heterocycles. The molecule has 2 aromatic carbocycles. The highest BCUT2D eigenvalue weighted by Crippen LogP contribution is 2.22. The minimum absolute atomic E-state index is 0.186. The third-order valence-electron chi connectivity index (χ3n) is 3.68. The number of ether oxygens (including phenoxy) is 1. The molecule has 0 N–H and O–H groups in total. The Kier molecular flexibility index (Phi) is 7.15. The number of carbonyl (C=O) groups is 1. The van der Waals surface area contributed by atoms with Crippen molar-refractivity contribution in [2.24, 2.45) is 10.2 Å². The summed E-state index contributed by atoms with van der Waals surface area (Å²) in [6, 6.07) is 15.1. The average molecular weight is 324 g/mol. The van der Waals surface area contributed by atoms with E-state index in [1.165, 1.54) is 5.56 Å². The Balaban J connectivity index is 1.89. The van der Waals surface area contributed by atoms with E-state index in [9.17, 15) is 4.79 Å². The number of nitrogens with zero attached hydrogens (tertiary/aromatic N) is 2. The Hall–Kier alpha value is -2.49. The number of rotatable bonds is 8. The first-order valence-electron chi connectivity index (χ1n) is 8.52. The number of hydrogen-bond donors (Lipinski definition) is 0. The molecule has 0 radical (unpaired) electrons. The first-order valence-corrected chi connectivity index (χ1v) is 8.52. The maximum Gasteiger partial charge on any atom is 0.311 e. The lowest BCUT2D eigenvalue weighted by Crippen LogP contribution is -2.07. The first kappa shape index (κ1) is 17.9. The molecule has 0 aliphatic heterocycles. The van der Waals surface area contributed by atoms with Crippen LogP contribution in [0, 0.1) is 0 Å². The molecule has 0 saturated heterocycles. The zero-order valence-electron chi connectivity index (χ0n) is 14.4. The normalized spacial score (nSPS) is 10.9. The maximum absolute atomic E-state index is 11.7. The summed E-state index contributed by atoms with van der Waals surface area (Å²) in [5.41, 5.74) is 2.82. The highest BCUT2D eigenvalue weighted by atomic mass is 16.5. The second-order valence-electron chi connectivity index (χ2n) is 5.65. The van der Waals surface area contributed by atoms with E-state index in [0.29, 0.717) is 12.2 Å². The Bertz CT molecular complexity index is 661. The fourth-order valence-corrected chi connectivity index (χ4v) is 2.20. The van der Waals surface area contributed by atoms with Gasteiger partial charge in [-0.25, -0.2) is 0 Å². The Labute approximate surface area is 143 Å². The van der Waals surface area contributed by atoms with Gasteiger partial charge < -0.3 is 4.74 Å². The topological polar surface area (TPSA) is 51.0 Å². The van der Waals surface area contributed by atoms with Crippen LogP contribution in [0.4, 0.5) is 11.4 Å². The highest BCUT2D eigenvalue weighted by Gasteiger charge is 2.04. The summed E-state index contributed by atoms with van der Waals surface area (Å²) in [5, 5.41) is 8.41. The minimum Gasteiger partial charge on any atom is -0.427 e. The van der Waals surface area contributed by atoms with Gasteiger partial charge in [0.1, 0.15) is 5.75 Å². The molecule has 0 fully saturated rings. The van der Waals surface area contributed by atoms with E-state index in [0.717, 1.165) is 37.1 Å². The zero-order chi connectivity index (χ0) is 17.2. The van der Waals surface area contributed by atoms with Crippen LogP contribution in [0.15, 0.2) is 58.8 Å². The third kappa shape index (κ3) is 5.95. The van der Waals surface area contributed by atoms with Crippen molar-refractivity contribution in [2.45, 2.75) is 46.0 Å². The van der Waals surface area contributed by atoms with Crippen LogP contribution in [0.25, 0.3) is 0 Å². The molecule has 2 rings (SSSR count). The Morgan fingerprint density at radius 1 is 0.875 bits per heavy atom. The van der Waals surface area contributed by atoms with Crippen LogP contribution >= 0.6 is 0 Å². The first-order chi connectivity index (χ1) is 11.7. The second-order valence-corrected chi connectivity index (χ2v) is 5.65. The number of azo groups is 1. The van der Waals surface area contributed by atoms with Crippen molar-refractivity contribution in [2.75, 3.05) is 0 Å². The summed E-state index contributed by atoms with van der Waals surface area (Å²) in [7, 11) is 0. The van der Waals surface area contributed by atoms with Crippen LogP contribution in [0.5, 0.6) is 5.75 Å². The van der Waals surface area contributed by atoms with E-state index in [1.807, 2.05) is 12.1 Å². The van der Waals surface area contributed by atoms with Gasteiger partial charge in [-0.1, -0.05) is 38.8 Å². The van der Waals surface area contributed by atoms with Crippen molar-refractivity contribution in [1.29, 1.82) is 0 Å². The molecule has 0 unspecified atom stereocenters. The number of esters is 1. The van der Waals surface area contributed by atoms with Crippen molar-refractivity contribution in [3.05, 3.63) is 54.1 Å². The van der Waals surface area contributed by atoms with Gasteiger partial charge in [0.25, 0.3) is 0 Å². The summed E-state index contributed by atoms with van der Waals surface area (Å²) in [6.45, 7) is 4.23. The third-order valence-corrected chi connectivity index (χ3v) is 3.68. The van der Waals surface area contributed by atoms with Gasteiger partial charge >= 0.3 is 5.97 Å². The van der Waals surface area contributed by atoms with Gasteiger partial charge in [0, 0.05) is 6.42 Å². The quantitative estimate of drug-likeness (QED) is 0.253. The highest BCUT2D eigenvalue weighted by molar-refractivity contribution is 5.72. The van der Waals surface area contributed by atoms with Gasteiger partial charge in [-0.15, -0.1) is 0 Å². The van der Waals surface area contributed by atoms with Gasteiger partial charge in [-0.2, -0.15) is 10.2 Å². The smallest absolute Gasteiger partial charge is 0.311 e. The van der Waals surface area contributed by atoms with Crippen molar-refractivity contribution in [3.8, 4) is 5.75 Å². The Morgan fingerprint density at radius 2 is 1.46 bits per heavy atom. The second kappa shape index (κ2) is 9.60. The number of aryl methyl sites for hydroxylation is 1. The van der Waals surface area contributed by atoms with E-state index in [-0.39, 0.29) is 5.97 Å².